The summed E-state index contributed by atoms with van der Waals surface area (Å²) in [6.45, 7) is 3.79. The van der Waals surface area contributed by atoms with Gasteiger partial charge in [0.25, 0.3) is 11.7 Å². The Morgan fingerprint density at radius 2 is 1.80 bits per heavy atom. The summed E-state index contributed by atoms with van der Waals surface area (Å²) in [7, 11) is 0. The quantitative estimate of drug-likeness (QED) is 0.353. The molecule has 1 aromatic heterocycles. The minimum absolute atomic E-state index is 0.130. The van der Waals surface area contributed by atoms with Gasteiger partial charge in [-0.1, -0.05) is 18.2 Å². The van der Waals surface area contributed by atoms with Gasteiger partial charge in [0.05, 0.1) is 11.3 Å². The largest absolute Gasteiger partial charge is 0.507 e. The summed E-state index contributed by atoms with van der Waals surface area (Å²) in [6.07, 6.45) is 0. The number of thiophene rings is 1. The van der Waals surface area contributed by atoms with Crippen LogP contribution in [0.1, 0.15) is 27.6 Å². The first-order chi connectivity index (χ1) is 14.3. The minimum atomic E-state index is -1.02. The van der Waals surface area contributed by atoms with Crippen molar-refractivity contribution in [3.8, 4) is 0 Å². The molecule has 0 radical (unpaired) electrons. The summed E-state index contributed by atoms with van der Waals surface area (Å²) in [6, 6.07) is 10.4. The number of carbonyl (C=O) groups is 2. The van der Waals surface area contributed by atoms with Crippen LogP contribution >= 0.6 is 11.3 Å². The lowest BCUT2D eigenvalue weighted by molar-refractivity contribution is -0.132. The van der Waals surface area contributed by atoms with E-state index in [-0.39, 0.29) is 17.0 Å². The number of hydrogen-bond donors (Lipinski definition) is 1. The summed E-state index contributed by atoms with van der Waals surface area (Å²) in [5, 5.41) is 12.8. The third-order valence-electron chi connectivity index (χ3n) is 5.21. The second-order valence-electron chi connectivity index (χ2n) is 7.08. The zero-order valence-corrected chi connectivity index (χ0v) is 17.0. The number of carbonyl (C=O) groups excluding carboxylic acids is 2. The van der Waals surface area contributed by atoms with Crippen LogP contribution in [0, 0.1) is 25.5 Å². The molecule has 0 spiro atoms. The van der Waals surface area contributed by atoms with Crippen LogP contribution in [0.3, 0.4) is 0 Å². The molecule has 2 aromatic carbocycles. The Hall–Kier alpha value is -3.32. The summed E-state index contributed by atoms with van der Waals surface area (Å²) < 4.78 is 28.0. The van der Waals surface area contributed by atoms with Crippen LogP contribution in [0.4, 0.5) is 14.5 Å². The molecule has 0 bridgehead atoms. The van der Waals surface area contributed by atoms with Crippen molar-refractivity contribution in [2.75, 3.05) is 4.90 Å². The van der Waals surface area contributed by atoms with Gasteiger partial charge >= 0.3 is 0 Å². The Morgan fingerprint density at radius 1 is 1.03 bits per heavy atom. The lowest BCUT2D eigenvalue weighted by Crippen LogP contribution is -2.30. The average molecular weight is 425 g/mol. The zero-order chi connectivity index (χ0) is 21.6. The van der Waals surface area contributed by atoms with Crippen molar-refractivity contribution < 1.29 is 23.5 Å². The van der Waals surface area contributed by atoms with E-state index in [1.807, 2.05) is 13.8 Å². The van der Waals surface area contributed by atoms with E-state index in [1.165, 1.54) is 11.3 Å². The second kappa shape index (κ2) is 7.50. The predicted molar refractivity (Wildman–Crippen MR) is 111 cm³/mol. The monoisotopic (exact) mass is 425 g/mol. The Bertz CT molecular complexity index is 1200. The first-order valence-corrected chi connectivity index (χ1v) is 10.0. The fourth-order valence-corrected chi connectivity index (χ4v) is 4.34. The number of ketones is 1. The molecule has 4 nitrogen and oxygen atoms in total. The highest BCUT2D eigenvalue weighted by Gasteiger charge is 2.48. The molecule has 1 aliphatic rings. The molecule has 1 saturated heterocycles. The van der Waals surface area contributed by atoms with E-state index in [0.29, 0.717) is 16.5 Å². The maximum absolute atomic E-state index is 14.5. The van der Waals surface area contributed by atoms with Crippen molar-refractivity contribution in [3.63, 3.8) is 0 Å². The van der Waals surface area contributed by atoms with E-state index < -0.39 is 29.4 Å². The predicted octanol–water partition coefficient (Wildman–Crippen LogP) is 5.27. The smallest absolute Gasteiger partial charge is 0.300 e. The third-order valence-corrected chi connectivity index (χ3v) is 6.13. The van der Waals surface area contributed by atoms with Crippen molar-refractivity contribution in [3.05, 3.63) is 92.7 Å². The van der Waals surface area contributed by atoms with Crippen molar-refractivity contribution in [1.82, 2.24) is 0 Å². The summed E-state index contributed by atoms with van der Waals surface area (Å²) >= 11 is 1.27. The summed E-state index contributed by atoms with van der Waals surface area (Å²) in [5.74, 6) is -4.00. The fraction of sp³-hybridized carbons (Fsp3) is 0.130. The van der Waals surface area contributed by atoms with Gasteiger partial charge in [-0.2, -0.15) is 0 Å². The van der Waals surface area contributed by atoms with Gasteiger partial charge in [-0.3, -0.25) is 14.5 Å². The Kier molecular flexibility index (Phi) is 4.99. The molecule has 7 heteroatoms. The van der Waals surface area contributed by atoms with E-state index in [0.717, 1.165) is 28.2 Å². The number of halogens is 2. The van der Waals surface area contributed by atoms with Gasteiger partial charge in [-0.05, 0) is 54.6 Å². The van der Waals surface area contributed by atoms with Gasteiger partial charge in [0, 0.05) is 16.5 Å². The number of amides is 1. The zero-order valence-electron chi connectivity index (χ0n) is 16.1. The van der Waals surface area contributed by atoms with Crippen LogP contribution in [0.25, 0.3) is 5.76 Å². The lowest BCUT2D eigenvalue weighted by Gasteiger charge is -2.24. The molecule has 0 aliphatic carbocycles. The molecular weight excluding hydrogens is 408 g/mol. The highest BCUT2D eigenvalue weighted by Crippen LogP contribution is 2.44. The SMILES string of the molecule is Cc1ccc(/C(O)=C2/C(=O)C(=O)N(c3ccc(F)cc3F)C2c2cccs2)cc1C. The van der Waals surface area contributed by atoms with Crippen LogP contribution in [-0.4, -0.2) is 16.8 Å². The first kappa shape index (κ1) is 20.0. The van der Waals surface area contributed by atoms with Crippen molar-refractivity contribution in [2.45, 2.75) is 19.9 Å². The molecular formula is C23H17F2NO3S. The molecule has 4 rings (SSSR count). The van der Waals surface area contributed by atoms with E-state index in [2.05, 4.69) is 0 Å². The van der Waals surface area contributed by atoms with Gasteiger partial charge in [-0.15, -0.1) is 11.3 Å². The fourth-order valence-electron chi connectivity index (χ4n) is 3.52. The normalized spacial score (nSPS) is 18.3. The molecule has 30 heavy (non-hydrogen) atoms. The highest BCUT2D eigenvalue weighted by atomic mass is 32.1. The van der Waals surface area contributed by atoms with E-state index >= 15 is 0 Å². The molecule has 1 N–H and O–H groups in total. The first-order valence-electron chi connectivity index (χ1n) is 9.16. The van der Waals surface area contributed by atoms with Gasteiger partial charge in [0.2, 0.25) is 0 Å². The van der Waals surface area contributed by atoms with Crippen molar-refractivity contribution in [2.24, 2.45) is 0 Å². The number of anilines is 1. The van der Waals surface area contributed by atoms with Gasteiger partial charge in [0.1, 0.15) is 23.4 Å². The van der Waals surface area contributed by atoms with Crippen LogP contribution in [-0.2, 0) is 9.59 Å². The van der Waals surface area contributed by atoms with Crippen LogP contribution < -0.4 is 4.90 Å². The molecule has 1 aliphatic heterocycles. The molecule has 2 heterocycles. The lowest BCUT2D eigenvalue weighted by atomic mass is 9.97. The third kappa shape index (κ3) is 3.21. The Balaban J connectivity index is 1.95. The molecule has 152 valence electrons. The average Bonchev–Trinajstić information content (AvgIpc) is 3.31. The number of aliphatic hydroxyl groups is 1. The van der Waals surface area contributed by atoms with Gasteiger partial charge in [0.15, 0.2) is 0 Å². The number of hydrogen-bond acceptors (Lipinski definition) is 4. The summed E-state index contributed by atoms with van der Waals surface area (Å²) in [5.41, 5.74) is 1.95. The molecule has 1 amide bonds. The molecule has 3 aromatic rings. The Morgan fingerprint density at radius 3 is 2.43 bits per heavy atom. The highest BCUT2D eigenvalue weighted by molar-refractivity contribution is 7.10. The van der Waals surface area contributed by atoms with Gasteiger partial charge in [-0.25, -0.2) is 8.78 Å². The van der Waals surface area contributed by atoms with Crippen LogP contribution in [0.15, 0.2) is 59.5 Å². The maximum Gasteiger partial charge on any atom is 0.300 e. The number of rotatable bonds is 3. The number of nitrogens with zero attached hydrogens (tertiary/aromatic N) is 1. The maximum atomic E-state index is 14.5. The summed E-state index contributed by atoms with van der Waals surface area (Å²) in [4.78, 5) is 27.4. The molecule has 1 atom stereocenters. The number of benzene rings is 2. The number of aryl methyl sites for hydroxylation is 2. The van der Waals surface area contributed by atoms with Crippen molar-refractivity contribution in [1.29, 1.82) is 0 Å². The second-order valence-corrected chi connectivity index (χ2v) is 8.06. The standard InChI is InChI=1S/C23H17F2NO3S/c1-12-5-6-14(10-13(12)2)21(27)19-20(18-4-3-9-30-18)26(23(29)22(19)28)17-8-7-15(24)11-16(17)25/h3-11,20,27H,1-2H3/b21-19-. The molecule has 1 unspecified atom stereocenters. The van der Waals surface area contributed by atoms with Crippen LogP contribution in [0.5, 0.6) is 0 Å². The van der Waals surface area contributed by atoms with E-state index in [4.69, 9.17) is 0 Å². The minimum Gasteiger partial charge on any atom is -0.507 e. The Labute approximate surface area is 175 Å². The number of aliphatic hydroxyl groups excluding tert-OH is 1. The van der Waals surface area contributed by atoms with Crippen molar-refractivity contribution >= 4 is 34.5 Å². The molecule has 0 saturated carbocycles. The van der Waals surface area contributed by atoms with E-state index in [9.17, 15) is 23.5 Å². The van der Waals surface area contributed by atoms with Gasteiger partial charge < -0.3 is 5.11 Å². The van der Waals surface area contributed by atoms with E-state index in [1.54, 1.807) is 35.7 Å². The molecule has 1 fully saturated rings. The topological polar surface area (TPSA) is 57.6 Å². The van der Waals surface area contributed by atoms with Crippen LogP contribution in [0.2, 0.25) is 0 Å². The number of Topliss-reactive ketones (excluding diaryl/α,β-unsaturated/α-hetero) is 1.